The van der Waals surface area contributed by atoms with Crippen molar-refractivity contribution in [3.8, 4) is 0 Å². The van der Waals surface area contributed by atoms with Gasteiger partial charge in [0.1, 0.15) is 0 Å². The standard InChI is InChI=1S/C15H13BrN2O3/c16-12-5-4-10(15(20)21)8-13(12)18-14(19)7-9-2-1-3-11(17)6-9/h1-6,8H,7,17H2,(H,18,19)(H,20,21). The van der Waals surface area contributed by atoms with Crippen molar-refractivity contribution >= 4 is 39.2 Å². The normalized spacial score (nSPS) is 10.1. The first-order valence-corrected chi connectivity index (χ1v) is 6.92. The van der Waals surface area contributed by atoms with E-state index in [0.717, 1.165) is 5.56 Å². The Hall–Kier alpha value is -2.34. The lowest BCUT2D eigenvalue weighted by Gasteiger charge is -2.09. The Morgan fingerprint density at radius 2 is 1.95 bits per heavy atom. The van der Waals surface area contributed by atoms with Crippen LogP contribution in [0.4, 0.5) is 11.4 Å². The van der Waals surface area contributed by atoms with Crippen molar-refractivity contribution in [2.75, 3.05) is 11.1 Å². The molecule has 0 spiro atoms. The largest absolute Gasteiger partial charge is 0.478 e. The van der Waals surface area contributed by atoms with Crippen molar-refractivity contribution in [1.29, 1.82) is 0 Å². The SMILES string of the molecule is Nc1cccc(CC(=O)Nc2cc(C(=O)O)ccc2Br)c1. The first-order chi connectivity index (χ1) is 9.95. The third-order valence-electron chi connectivity index (χ3n) is 2.80. The van der Waals surface area contributed by atoms with Gasteiger partial charge in [0.15, 0.2) is 0 Å². The first-order valence-electron chi connectivity index (χ1n) is 6.13. The van der Waals surface area contributed by atoms with Crippen molar-refractivity contribution in [1.82, 2.24) is 0 Å². The summed E-state index contributed by atoms with van der Waals surface area (Å²) in [6, 6.07) is 11.5. The fraction of sp³-hybridized carbons (Fsp3) is 0.0667. The van der Waals surface area contributed by atoms with Crippen LogP contribution in [0.15, 0.2) is 46.9 Å². The predicted octanol–water partition coefficient (Wildman–Crippen LogP) is 2.91. The van der Waals surface area contributed by atoms with Crippen molar-refractivity contribution < 1.29 is 14.7 Å². The van der Waals surface area contributed by atoms with E-state index in [0.29, 0.717) is 15.8 Å². The third-order valence-corrected chi connectivity index (χ3v) is 3.49. The number of halogens is 1. The molecule has 0 saturated heterocycles. The van der Waals surface area contributed by atoms with Crippen LogP contribution in [0.25, 0.3) is 0 Å². The number of hydrogen-bond acceptors (Lipinski definition) is 3. The van der Waals surface area contributed by atoms with E-state index in [2.05, 4.69) is 21.2 Å². The Labute approximate surface area is 129 Å². The van der Waals surface area contributed by atoms with Gasteiger partial charge in [-0.1, -0.05) is 12.1 Å². The zero-order valence-electron chi connectivity index (χ0n) is 11.0. The van der Waals surface area contributed by atoms with Crippen LogP contribution >= 0.6 is 15.9 Å². The smallest absolute Gasteiger partial charge is 0.335 e. The average Bonchev–Trinajstić information content (AvgIpc) is 2.41. The van der Waals surface area contributed by atoms with Gasteiger partial charge in [-0.15, -0.1) is 0 Å². The average molecular weight is 349 g/mol. The van der Waals surface area contributed by atoms with Gasteiger partial charge in [-0.3, -0.25) is 4.79 Å². The Morgan fingerprint density at radius 3 is 2.62 bits per heavy atom. The minimum absolute atomic E-state index is 0.109. The minimum Gasteiger partial charge on any atom is -0.478 e. The van der Waals surface area contributed by atoms with Gasteiger partial charge < -0.3 is 16.2 Å². The van der Waals surface area contributed by atoms with Crippen molar-refractivity contribution in [2.24, 2.45) is 0 Å². The van der Waals surface area contributed by atoms with Crippen LogP contribution in [0, 0.1) is 0 Å². The highest BCUT2D eigenvalue weighted by atomic mass is 79.9. The van der Waals surface area contributed by atoms with Gasteiger partial charge in [0.2, 0.25) is 5.91 Å². The number of carbonyl (C=O) groups is 2. The van der Waals surface area contributed by atoms with E-state index in [1.165, 1.54) is 12.1 Å². The van der Waals surface area contributed by atoms with Crippen LogP contribution in [-0.2, 0) is 11.2 Å². The number of hydrogen-bond donors (Lipinski definition) is 3. The zero-order valence-corrected chi connectivity index (χ0v) is 12.6. The van der Waals surface area contributed by atoms with Crippen molar-refractivity contribution in [2.45, 2.75) is 6.42 Å². The van der Waals surface area contributed by atoms with E-state index in [9.17, 15) is 9.59 Å². The summed E-state index contributed by atoms with van der Waals surface area (Å²) < 4.78 is 0.619. The Bertz CT molecular complexity index is 701. The van der Waals surface area contributed by atoms with Gasteiger partial charge in [-0.05, 0) is 51.8 Å². The summed E-state index contributed by atoms with van der Waals surface area (Å²) in [5, 5.41) is 11.6. The third kappa shape index (κ3) is 4.06. The molecule has 2 rings (SSSR count). The quantitative estimate of drug-likeness (QED) is 0.740. The van der Waals surface area contributed by atoms with Gasteiger partial charge >= 0.3 is 5.97 Å². The van der Waals surface area contributed by atoms with Gasteiger partial charge in [0.25, 0.3) is 0 Å². The number of carboxylic acids is 1. The number of nitrogens with one attached hydrogen (secondary N) is 1. The molecule has 0 bridgehead atoms. The van der Waals surface area contributed by atoms with E-state index >= 15 is 0 Å². The zero-order chi connectivity index (χ0) is 15.4. The summed E-state index contributed by atoms with van der Waals surface area (Å²) in [5.74, 6) is -1.29. The molecule has 0 radical (unpaired) electrons. The highest BCUT2D eigenvalue weighted by Crippen LogP contribution is 2.24. The van der Waals surface area contributed by atoms with E-state index in [1.54, 1.807) is 30.3 Å². The van der Waals surface area contributed by atoms with Crippen LogP contribution in [0.5, 0.6) is 0 Å². The predicted molar refractivity (Wildman–Crippen MR) is 84.3 cm³/mol. The minimum atomic E-state index is -1.05. The summed E-state index contributed by atoms with van der Waals surface area (Å²) in [5.41, 5.74) is 7.57. The van der Waals surface area contributed by atoms with Crippen LogP contribution in [0.2, 0.25) is 0 Å². The molecule has 0 atom stereocenters. The summed E-state index contributed by atoms with van der Waals surface area (Å²) in [6.45, 7) is 0. The van der Waals surface area contributed by atoms with Crippen LogP contribution in [-0.4, -0.2) is 17.0 Å². The maximum absolute atomic E-state index is 12.0. The molecule has 108 valence electrons. The van der Waals surface area contributed by atoms with Crippen molar-refractivity contribution in [3.63, 3.8) is 0 Å². The molecule has 0 unspecified atom stereocenters. The van der Waals surface area contributed by atoms with Crippen LogP contribution in [0.3, 0.4) is 0 Å². The molecule has 2 aromatic rings. The molecule has 2 aromatic carbocycles. The lowest BCUT2D eigenvalue weighted by atomic mass is 10.1. The second-order valence-corrected chi connectivity index (χ2v) is 5.32. The molecule has 4 N–H and O–H groups in total. The number of carboxylic acid groups (broad SMARTS) is 1. The molecule has 0 aliphatic carbocycles. The molecule has 0 aromatic heterocycles. The number of rotatable bonds is 4. The number of amides is 1. The number of aromatic carboxylic acids is 1. The number of nitrogens with two attached hydrogens (primary N) is 1. The molecule has 0 aliphatic rings. The lowest BCUT2D eigenvalue weighted by Crippen LogP contribution is -2.15. The van der Waals surface area contributed by atoms with E-state index < -0.39 is 5.97 Å². The molecule has 0 heterocycles. The summed E-state index contributed by atoms with van der Waals surface area (Å²) >= 11 is 3.28. The fourth-order valence-corrected chi connectivity index (χ4v) is 2.18. The summed E-state index contributed by atoms with van der Waals surface area (Å²) in [4.78, 5) is 22.9. The second kappa shape index (κ2) is 6.41. The molecular formula is C15H13BrN2O3. The maximum Gasteiger partial charge on any atom is 0.335 e. The maximum atomic E-state index is 12.0. The van der Waals surface area contributed by atoms with E-state index in [-0.39, 0.29) is 17.9 Å². The van der Waals surface area contributed by atoms with Gasteiger partial charge in [-0.2, -0.15) is 0 Å². The summed E-state index contributed by atoms with van der Waals surface area (Å²) in [6.07, 6.45) is 0.161. The Kier molecular flexibility index (Phi) is 4.59. The molecule has 0 fully saturated rings. The van der Waals surface area contributed by atoms with Crippen molar-refractivity contribution in [3.05, 3.63) is 58.1 Å². The monoisotopic (exact) mass is 348 g/mol. The molecule has 6 heteroatoms. The Morgan fingerprint density at radius 1 is 1.19 bits per heavy atom. The molecule has 5 nitrogen and oxygen atoms in total. The number of anilines is 2. The molecule has 21 heavy (non-hydrogen) atoms. The topological polar surface area (TPSA) is 92.4 Å². The van der Waals surface area contributed by atoms with Gasteiger partial charge in [0.05, 0.1) is 17.7 Å². The lowest BCUT2D eigenvalue weighted by molar-refractivity contribution is -0.115. The number of nitrogen functional groups attached to an aromatic ring is 1. The van der Waals surface area contributed by atoms with E-state index in [4.69, 9.17) is 10.8 Å². The highest BCUT2D eigenvalue weighted by molar-refractivity contribution is 9.10. The number of carbonyl (C=O) groups excluding carboxylic acids is 1. The Balaban J connectivity index is 2.12. The van der Waals surface area contributed by atoms with Gasteiger partial charge in [0, 0.05) is 10.2 Å². The molecule has 0 aliphatic heterocycles. The number of benzene rings is 2. The second-order valence-electron chi connectivity index (χ2n) is 4.47. The first kappa shape index (κ1) is 15.1. The summed E-state index contributed by atoms with van der Waals surface area (Å²) in [7, 11) is 0. The van der Waals surface area contributed by atoms with E-state index in [1.807, 2.05) is 0 Å². The fourth-order valence-electron chi connectivity index (χ4n) is 1.84. The van der Waals surface area contributed by atoms with Crippen LogP contribution < -0.4 is 11.1 Å². The van der Waals surface area contributed by atoms with Crippen LogP contribution in [0.1, 0.15) is 15.9 Å². The molecular weight excluding hydrogens is 336 g/mol. The molecule has 0 saturated carbocycles. The molecule has 1 amide bonds. The van der Waals surface area contributed by atoms with Gasteiger partial charge in [-0.25, -0.2) is 4.79 Å². The highest BCUT2D eigenvalue weighted by Gasteiger charge is 2.10.